The molecule has 2 aromatic rings. The summed E-state index contributed by atoms with van der Waals surface area (Å²) in [4.78, 5) is 39.0. The first-order chi connectivity index (χ1) is 13.4. The number of anilines is 1. The molecule has 2 heterocycles. The van der Waals surface area contributed by atoms with Crippen molar-refractivity contribution in [2.24, 2.45) is 0 Å². The minimum atomic E-state index is -0.418. The van der Waals surface area contributed by atoms with Crippen LogP contribution in [0.3, 0.4) is 0 Å². The van der Waals surface area contributed by atoms with Crippen LogP contribution >= 0.6 is 23.2 Å². The van der Waals surface area contributed by atoms with Gasteiger partial charge in [-0.2, -0.15) is 0 Å². The van der Waals surface area contributed by atoms with Gasteiger partial charge >= 0.3 is 0 Å². The third-order valence-corrected chi connectivity index (χ3v) is 5.56. The number of carbonyl (C=O) groups is 3. The Morgan fingerprint density at radius 1 is 1.07 bits per heavy atom. The molecule has 1 atom stereocenters. The summed E-state index contributed by atoms with van der Waals surface area (Å²) in [7, 11) is 0. The molecule has 6 nitrogen and oxygen atoms in total. The third-order valence-electron chi connectivity index (χ3n) is 4.82. The summed E-state index contributed by atoms with van der Waals surface area (Å²) >= 11 is 11.8. The highest BCUT2D eigenvalue weighted by molar-refractivity contribution is 6.42. The molecule has 0 bridgehead atoms. The van der Waals surface area contributed by atoms with E-state index >= 15 is 0 Å². The van der Waals surface area contributed by atoms with Crippen molar-refractivity contribution < 1.29 is 19.1 Å². The van der Waals surface area contributed by atoms with Crippen LogP contribution in [0, 0.1) is 0 Å². The second-order valence-corrected chi connectivity index (χ2v) is 7.51. The molecule has 0 aliphatic carbocycles. The Bertz CT molecular complexity index is 986. The van der Waals surface area contributed by atoms with Gasteiger partial charge in [0.1, 0.15) is 0 Å². The van der Waals surface area contributed by atoms with Crippen molar-refractivity contribution in [3.05, 3.63) is 63.1 Å². The molecule has 2 aromatic carbocycles. The molecule has 1 unspecified atom stereocenters. The lowest BCUT2D eigenvalue weighted by molar-refractivity contribution is 0.0475. The minimum absolute atomic E-state index is 0.125. The van der Waals surface area contributed by atoms with Crippen LogP contribution in [-0.2, 0) is 4.74 Å². The Hall–Kier alpha value is -2.41. The Morgan fingerprint density at radius 3 is 2.57 bits per heavy atom. The molecule has 0 aromatic heterocycles. The van der Waals surface area contributed by atoms with E-state index in [2.05, 4.69) is 5.32 Å². The van der Waals surface area contributed by atoms with E-state index in [-0.39, 0.29) is 29.7 Å². The van der Waals surface area contributed by atoms with Gasteiger partial charge in [-0.05, 0) is 49.2 Å². The number of halogens is 2. The average molecular weight is 419 g/mol. The predicted molar refractivity (Wildman–Crippen MR) is 105 cm³/mol. The van der Waals surface area contributed by atoms with E-state index in [4.69, 9.17) is 27.9 Å². The van der Waals surface area contributed by atoms with Crippen LogP contribution < -0.4 is 5.32 Å². The van der Waals surface area contributed by atoms with E-state index in [1.807, 2.05) is 0 Å². The lowest BCUT2D eigenvalue weighted by Crippen LogP contribution is -2.36. The number of imide groups is 1. The molecule has 0 spiro atoms. The lowest BCUT2D eigenvalue weighted by Gasteiger charge is -2.17. The molecule has 28 heavy (non-hydrogen) atoms. The quantitative estimate of drug-likeness (QED) is 0.760. The van der Waals surface area contributed by atoms with Crippen molar-refractivity contribution >= 4 is 46.6 Å². The number of fused-ring (bicyclic) bond motifs is 1. The maximum Gasteiger partial charge on any atom is 0.261 e. The van der Waals surface area contributed by atoms with Gasteiger partial charge in [0.05, 0.1) is 33.8 Å². The van der Waals surface area contributed by atoms with Crippen LogP contribution in [-0.4, -0.2) is 41.9 Å². The maximum atomic E-state index is 12.7. The summed E-state index contributed by atoms with van der Waals surface area (Å²) in [6.45, 7) is 0.879. The molecule has 1 saturated heterocycles. The SMILES string of the molecule is O=C(Nc1ccc(Cl)c(Cl)c1)c1ccc2c(c1)C(=O)N(CC1CCCO1)C2=O. The Kier molecular flexibility index (Phi) is 5.10. The topological polar surface area (TPSA) is 75.7 Å². The van der Waals surface area contributed by atoms with Crippen molar-refractivity contribution in [2.75, 3.05) is 18.5 Å². The fraction of sp³-hybridized carbons (Fsp3) is 0.250. The number of carbonyl (C=O) groups excluding carboxylic acids is 3. The lowest BCUT2D eigenvalue weighted by atomic mass is 10.1. The van der Waals surface area contributed by atoms with Gasteiger partial charge in [0.15, 0.2) is 0 Å². The first kappa shape index (κ1) is 18.9. The van der Waals surface area contributed by atoms with Gasteiger partial charge in [-0.1, -0.05) is 23.2 Å². The van der Waals surface area contributed by atoms with Gasteiger partial charge in [-0.25, -0.2) is 0 Å². The average Bonchev–Trinajstić information content (AvgIpc) is 3.28. The minimum Gasteiger partial charge on any atom is -0.376 e. The summed E-state index contributed by atoms with van der Waals surface area (Å²) in [6, 6.07) is 9.21. The zero-order chi connectivity index (χ0) is 19.8. The van der Waals surface area contributed by atoms with Gasteiger partial charge in [-0.3, -0.25) is 19.3 Å². The number of rotatable bonds is 4. The normalized spacial score (nSPS) is 18.5. The van der Waals surface area contributed by atoms with Gasteiger partial charge in [0.2, 0.25) is 0 Å². The molecule has 0 radical (unpaired) electrons. The Labute approximate surface area is 171 Å². The van der Waals surface area contributed by atoms with Crippen molar-refractivity contribution in [3.63, 3.8) is 0 Å². The van der Waals surface area contributed by atoms with E-state index in [0.717, 1.165) is 12.8 Å². The number of benzene rings is 2. The third kappa shape index (κ3) is 3.51. The van der Waals surface area contributed by atoms with Crippen molar-refractivity contribution in [1.29, 1.82) is 0 Å². The number of ether oxygens (including phenoxy) is 1. The Balaban J connectivity index is 1.53. The number of nitrogens with one attached hydrogen (secondary N) is 1. The number of hydrogen-bond acceptors (Lipinski definition) is 4. The molecule has 2 aliphatic heterocycles. The molecule has 2 aliphatic rings. The van der Waals surface area contributed by atoms with Crippen LogP contribution in [0.1, 0.15) is 43.9 Å². The molecule has 1 fully saturated rings. The fourth-order valence-electron chi connectivity index (χ4n) is 3.37. The van der Waals surface area contributed by atoms with E-state index in [0.29, 0.717) is 27.9 Å². The van der Waals surface area contributed by atoms with E-state index in [1.165, 1.54) is 29.2 Å². The van der Waals surface area contributed by atoms with E-state index in [9.17, 15) is 14.4 Å². The summed E-state index contributed by atoms with van der Waals surface area (Å²) < 4.78 is 5.53. The number of nitrogens with zero attached hydrogens (tertiary/aromatic N) is 1. The monoisotopic (exact) mass is 418 g/mol. The van der Waals surface area contributed by atoms with Gasteiger partial charge in [0.25, 0.3) is 17.7 Å². The zero-order valence-corrected chi connectivity index (χ0v) is 16.2. The van der Waals surface area contributed by atoms with E-state index < -0.39 is 11.8 Å². The fourth-order valence-corrected chi connectivity index (χ4v) is 3.66. The standard InChI is InChI=1S/C20H16Cl2N2O4/c21-16-6-4-12(9-17(16)22)23-18(25)11-3-5-14-15(8-11)20(27)24(19(14)26)10-13-2-1-7-28-13/h3-6,8-9,13H,1-2,7,10H2,(H,23,25). The van der Waals surface area contributed by atoms with E-state index in [1.54, 1.807) is 12.1 Å². The van der Waals surface area contributed by atoms with Crippen LogP contribution in [0.25, 0.3) is 0 Å². The number of amides is 3. The highest BCUT2D eigenvalue weighted by atomic mass is 35.5. The molecule has 0 saturated carbocycles. The zero-order valence-electron chi connectivity index (χ0n) is 14.7. The van der Waals surface area contributed by atoms with Crippen LogP contribution in [0.2, 0.25) is 10.0 Å². The molecular weight excluding hydrogens is 403 g/mol. The summed E-state index contributed by atoms with van der Waals surface area (Å²) in [5.41, 5.74) is 1.27. The number of hydrogen-bond donors (Lipinski definition) is 1. The summed E-state index contributed by atoms with van der Waals surface area (Å²) in [6.07, 6.45) is 1.62. The van der Waals surface area contributed by atoms with Crippen molar-refractivity contribution in [1.82, 2.24) is 4.90 Å². The molecule has 3 amide bonds. The van der Waals surface area contributed by atoms with Crippen LogP contribution in [0.15, 0.2) is 36.4 Å². The largest absolute Gasteiger partial charge is 0.376 e. The van der Waals surface area contributed by atoms with Crippen LogP contribution in [0.5, 0.6) is 0 Å². The smallest absolute Gasteiger partial charge is 0.261 e. The van der Waals surface area contributed by atoms with Gasteiger partial charge < -0.3 is 10.1 Å². The Morgan fingerprint density at radius 2 is 1.86 bits per heavy atom. The highest BCUT2D eigenvalue weighted by Crippen LogP contribution is 2.28. The molecule has 8 heteroatoms. The predicted octanol–water partition coefficient (Wildman–Crippen LogP) is 4.02. The molecule has 1 N–H and O–H groups in total. The maximum absolute atomic E-state index is 12.7. The second-order valence-electron chi connectivity index (χ2n) is 6.70. The second kappa shape index (κ2) is 7.54. The molecular formula is C20H16Cl2N2O4. The first-order valence-corrected chi connectivity index (χ1v) is 9.58. The molecule has 4 rings (SSSR count). The highest BCUT2D eigenvalue weighted by Gasteiger charge is 2.37. The van der Waals surface area contributed by atoms with Crippen molar-refractivity contribution in [2.45, 2.75) is 18.9 Å². The first-order valence-electron chi connectivity index (χ1n) is 8.82. The van der Waals surface area contributed by atoms with Crippen molar-refractivity contribution in [3.8, 4) is 0 Å². The summed E-state index contributed by atoms with van der Waals surface area (Å²) in [5, 5.41) is 3.40. The summed E-state index contributed by atoms with van der Waals surface area (Å²) in [5.74, 6) is -1.18. The van der Waals surface area contributed by atoms with Crippen LogP contribution in [0.4, 0.5) is 5.69 Å². The van der Waals surface area contributed by atoms with Gasteiger partial charge in [0, 0.05) is 17.9 Å². The molecule has 144 valence electrons. The van der Waals surface area contributed by atoms with Gasteiger partial charge in [-0.15, -0.1) is 0 Å².